The van der Waals surface area contributed by atoms with E-state index in [1.807, 2.05) is 12.1 Å². The number of hydrogen-bond acceptors (Lipinski definition) is 3. The predicted octanol–water partition coefficient (Wildman–Crippen LogP) is 4.15. The molecule has 0 saturated carbocycles. The molecule has 3 heterocycles. The molecule has 26 heavy (non-hydrogen) atoms. The summed E-state index contributed by atoms with van der Waals surface area (Å²) in [5, 5.41) is 0. The maximum Gasteiger partial charge on any atom is 0.254 e. The van der Waals surface area contributed by atoms with E-state index in [-0.39, 0.29) is 5.91 Å². The highest BCUT2D eigenvalue weighted by Gasteiger charge is 2.37. The zero-order chi connectivity index (χ0) is 17.9. The number of hydrogen-bond donors (Lipinski definition) is 0. The number of amides is 1. The second-order valence-electron chi connectivity index (χ2n) is 7.46. The Morgan fingerprint density at radius 3 is 2.50 bits per heavy atom. The van der Waals surface area contributed by atoms with Gasteiger partial charge in [0.15, 0.2) is 0 Å². The van der Waals surface area contributed by atoms with Crippen LogP contribution in [0.3, 0.4) is 0 Å². The summed E-state index contributed by atoms with van der Waals surface area (Å²) < 4.78 is 0. The van der Waals surface area contributed by atoms with Gasteiger partial charge >= 0.3 is 0 Å². The molecule has 3 aliphatic rings. The Balaban J connectivity index is 1.48. The smallest absolute Gasteiger partial charge is 0.254 e. The first-order chi connectivity index (χ1) is 12.7. The molecule has 0 radical (unpaired) electrons. The predicted molar refractivity (Wildman–Crippen MR) is 107 cm³/mol. The molecule has 2 bridgehead atoms. The molecule has 4 heteroatoms. The number of thioether (sulfide) groups is 1. The van der Waals surface area contributed by atoms with Crippen molar-refractivity contribution >= 4 is 17.7 Å². The van der Waals surface area contributed by atoms with E-state index in [4.69, 9.17) is 0 Å². The van der Waals surface area contributed by atoms with Gasteiger partial charge in [-0.2, -0.15) is 0 Å². The van der Waals surface area contributed by atoms with Gasteiger partial charge < -0.3 is 4.90 Å². The fourth-order valence-electron chi connectivity index (χ4n) is 4.30. The number of carbonyl (C=O) groups excluding carboxylic acids is 1. The molecule has 2 atom stereocenters. The molecule has 5 rings (SSSR count). The molecule has 0 aromatic heterocycles. The van der Waals surface area contributed by atoms with Gasteiger partial charge in [0.05, 0.1) is 0 Å². The van der Waals surface area contributed by atoms with Gasteiger partial charge in [0.1, 0.15) is 0 Å². The van der Waals surface area contributed by atoms with Crippen LogP contribution in [0.2, 0.25) is 0 Å². The molecule has 136 valence electrons. The normalized spacial score (nSPS) is 23.0. The Kier molecular flexibility index (Phi) is 5.32. The first-order valence-electron chi connectivity index (χ1n) is 9.44. The van der Waals surface area contributed by atoms with E-state index < -0.39 is 0 Å². The second kappa shape index (κ2) is 7.85. The van der Waals surface area contributed by atoms with E-state index in [2.05, 4.69) is 58.5 Å². The van der Waals surface area contributed by atoms with Gasteiger partial charge in [-0.15, -0.1) is 11.8 Å². The fourth-order valence-corrected chi connectivity index (χ4v) is 4.71. The Morgan fingerprint density at radius 2 is 1.77 bits per heavy atom. The molecule has 0 unspecified atom stereocenters. The lowest BCUT2D eigenvalue weighted by molar-refractivity contribution is 0.0585. The Morgan fingerprint density at radius 1 is 1.00 bits per heavy atom. The number of carbonyl (C=O) groups is 1. The van der Waals surface area contributed by atoms with Gasteiger partial charge in [0, 0.05) is 42.7 Å². The Labute approximate surface area is 160 Å². The van der Waals surface area contributed by atoms with Crippen LogP contribution in [0.1, 0.15) is 28.8 Å². The average Bonchev–Trinajstić information content (AvgIpc) is 2.99. The van der Waals surface area contributed by atoms with Crippen molar-refractivity contribution in [3.05, 3.63) is 65.7 Å². The molecule has 1 amide bonds. The minimum absolute atomic E-state index is 0.203. The highest BCUT2D eigenvalue weighted by Crippen LogP contribution is 2.30. The van der Waals surface area contributed by atoms with Gasteiger partial charge in [-0.25, -0.2) is 0 Å². The van der Waals surface area contributed by atoms with Gasteiger partial charge in [0.2, 0.25) is 0 Å². The molecular weight excluding hydrogens is 340 g/mol. The van der Waals surface area contributed by atoms with Crippen molar-refractivity contribution in [1.29, 1.82) is 0 Å². The third kappa shape index (κ3) is 3.81. The van der Waals surface area contributed by atoms with Crippen molar-refractivity contribution in [3.63, 3.8) is 0 Å². The third-order valence-electron chi connectivity index (χ3n) is 5.64. The first-order valence-corrected chi connectivity index (χ1v) is 10.7. The van der Waals surface area contributed by atoms with E-state index in [0.29, 0.717) is 12.0 Å². The highest BCUT2D eigenvalue weighted by molar-refractivity contribution is 7.98. The summed E-state index contributed by atoms with van der Waals surface area (Å²) in [4.78, 5) is 19.0. The van der Waals surface area contributed by atoms with Crippen LogP contribution in [0, 0.1) is 5.92 Å². The summed E-state index contributed by atoms with van der Waals surface area (Å²) in [5.41, 5.74) is 2.18. The van der Waals surface area contributed by atoms with Gasteiger partial charge in [-0.1, -0.05) is 30.3 Å². The number of rotatable bonds is 4. The summed E-state index contributed by atoms with van der Waals surface area (Å²) in [5.74, 6) is 0.792. The molecular formula is C22H26N2OS. The SMILES string of the molecule is CSc1ccc(C(=O)N2C[C@H]3CC[C@@H]2CN(Cc2ccccc2)C3)cc1. The molecule has 0 N–H and O–H groups in total. The molecule has 0 aliphatic carbocycles. The maximum absolute atomic E-state index is 13.1. The molecule has 2 aromatic rings. The van der Waals surface area contributed by atoms with Crippen molar-refractivity contribution in [2.45, 2.75) is 30.3 Å². The summed E-state index contributed by atoms with van der Waals surface area (Å²) in [7, 11) is 0. The van der Waals surface area contributed by atoms with Gasteiger partial charge in [-0.3, -0.25) is 9.69 Å². The molecule has 3 aliphatic heterocycles. The monoisotopic (exact) mass is 366 g/mol. The minimum Gasteiger partial charge on any atom is -0.334 e. The van der Waals surface area contributed by atoms with Crippen LogP contribution < -0.4 is 0 Å². The van der Waals surface area contributed by atoms with Crippen molar-refractivity contribution in [1.82, 2.24) is 9.80 Å². The van der Waals surface area contributed by atoms with E-state index in [1.54, 1.807) is 11.8 Å². The standard InChI is InChI=1S/C22H26N2OS/c1-26-21-11-8-19(9-12-21)22(25)24-15-18-7-10-20(24)16-23(14-18)13-17-5-3-2-4-6-17/h2-6,8-9,11-12,18,20H,7,10,13-16H2,1H3/t18-,20+/m0/s1. The second-order valence-corrected chi connectivity index (χ2v) is 8.34. The van der Waals surface area contributed by atoms with E-state index in [1.165, 1.54) is 16.9 Å². The van der Waals surface area contributed by atoms with Crippen LogP contribution in [0.15, 0.2) is 59.5 Å². The molecule has 3 fully saturated rings. The van der Waals surface area contributed by atoms with Crippen molar-refractivity contribution in [2.24, 2.45) is 5.92 Å². The molecule has 2 aromatic carbocycles. The van der Waals surface area contributed by atoms with Crippen LogP contribution in [-0.2, 0) is 6.54 Å². The lowest BCUT2D eigenvalue weighted by Gasteiger charge is -2.36. The lowest BCUT2D eigenvalue weighted by atomic mass is 9.94. The van der Waals surface area contributed by atoms with E-state index >= 15 is 0 Å². The van der Waals surface area contributed by atoms with Crippen LogP contribution in [0.5, 0.6) is 0 Å². The maximum atomic E-state index is 13.1. The number of fused-ring (bicyclic) bond motifs is 4. The van der Waals surface area contributed by atoms with Crippen molar-refractivity contribution in [3.8, 4) is 0 Å². The van der Waals surface area contributed by atoms with Crippen molar-refractivity contribution in [2.75, 3.05) is 25.9 Å². The molecule has 3 nitrogen and oxygen atoms in total. The summed E-state index contributed by atoms with van der Waals surface area (Å²) in [6, 6.07) is 19.1. The Hall–Kier alpha value is -1.78. The van der Waals surface area contributed by atoms with Crippen LogP contribution in [0.4, 0.5) is 0 Å². The highest BCUT2D eigenvalue weighted by atomic mass is 32.2. The largest absolute Gasteiger partial charge is 0.334 e. The van der Waals surface area contributed by atoms with Crippen LogP contribution in [-0.4, -0.2) is 47.6 Å². The van der Waals surface area contributed by atoms with Crippen molar-refractivity contribution < 1.29 is 4.79 Å². The number of nitrogens with zero attached hydrogens (tertiary/aromatic N) is 2. The van der Waals surface area contributed by atoms with Crippen LogP contribution >= 0.6 is 11.8 Å². The lowest BCUT2D eigenvalue weighted by Crippen LogP contribution is -2.47. The summed E-state index contributed by atoms with van der Waals surface area (Å²) >= 11 is 1.71. The minimum atomic E-state index is 0.203. The molecule has 3 saturated heterocycles. The van der Waals surface area contributed by atoms with E-state index in [0.717, 1.165) is 38.2 Å². The Bertz CT molecular complexity index is 746. The zero-order valence-electron chi connectivity index (χ0n) is 15.3. The fraction of sp³-hybridized carbons (Fsp3) is 0.409. The van der Waals surface area contributed by atoms with Gasteiger partial charge in [0.25, 0.3) is 5.91 Å². The zero-order valence-corrected chi connectivity index (χ0v) is 16.1. The average molecular weight is 367 g/mol. The summed E-state index contributed by atoms with van der Waals surface area (Å²) in [6.07, 6.45) is 4.43. The number of piperidine rings is 1. The number of benzene rings is 2. The van der Waals surface area contributed by atoms with Crippen LogP contribution in [0.25, 0.3) is 0 Å². The van der Waals surface area contributed by atoms with E-state index in [9.17, 15) is 4.79 Å². The molecule has 0 spiro atoms. The quantitative estimate of drug-likeness (QED) is 0.760. The topological polar surface area (TPSA) is 23.6 Å². The summed E-state index contributed by atoms with van der Waals surface area (Å²) in [6.45, 7) is 3.97. The third-order valence-corrected chi connectivity index (χ3v) is 6.38. The van der Waals surface area contributed by atoms with Gasteiger partial charge in [-0.05, 0) is 54.8 Å². The first kappa shape index (κ1) is 17.6.